The van der Waals surface area contributed by atoms with Gasteiger partial charge in [0.05, 0.1) is 0 Å². The standard InChI is InChI=1S/C12H11N5OS/c1-7-3-4-9(5-10(7)13-6-18)11-16-17-8(2)14-15-12(17)19-11/h3-6H,1-2H3,(H,13,18). The summed E-state index contributed by atoms with van der Waals surface area (Å²) in [4.78, 5) is 11.3. The van der Waals surface area contributed by atoms with Crippen LogP contribution in [0.4, 0.5) is 5.69 Å². The number of fused-ring (bicyclic) bond motifs is 1. The van der Waals surface area contributed by atoms with Crippen molar-refractivity contribution in [1.29, 1.82) is 0 Å². The highest BCUT2D eigenvalue weighted by Gasteiger charge is 2.11. The number of rotatable bonds is 3. The smallest absolute Gasteiger partial charge is 0.234 e. The predicted molar refractivity (Wildman–Crippen MR) is 73.3 cm³/mol. The van der Waals surface area contributed by atoms with E-state index in [4.69, 9.17) is 0 Å². The van der Waals surface area contributed by atoms with Gasteiger partial charge >= 0.3 is 0 Å². The summed E-state index contributed by atoms with van der Waals surface area (Å²) < 4.78 is 1.71. The zero-order valence-corrected chi connectivity index (χ0v) is 11.2. The second-order valence-corrected chi connectivity index (χ2v) is 5.10. The summed E-state index contributed by atoms with van der Waals surface area (Å²) in [6.45, 7) is 3.80. The Morgan fingerprint density at radius 3 is 2.89 bits per heavy atom. The van der Waals surface area contributed by atoms with Gasteiger partial charge in [0.25, 0.3) is 0 Å². The summed E-state index contributed by atoms with van der Waals surface area (Å²) in [7, 11) is 0. The van der Waals surface area contributed by atoms with Crippen LogP contribution in [0, 0.1) is 13.8 Å². The van der Waals surface area contributed by atoms with Gasteiger partial charge in [-0.25, -0.2) is 0 Å². The van der Waals surface area contributed by atoms with Gasteiger partial charge in [-0.2, -0.15) is 9.61 Å². The number of anilines is 1. The highest BCUT2D eigenvalue weighted by atomic mass is 32.1. The Morgan fingerprint density at radius 1 is 1.32 bits per heavy atom. The van der Waals surface area contributed by atoms with Gasteiger partial charge in [-0.3, -0.25) is 4.79 Å². The van der Waals surface area contributed by atoms with Crippen LogP contribution in [0.15, 0.2) is 18.2 Å². The first-order valence-electron chi connectivity index (χ1n) is 5.69. The SMILES string of the molecule is Cc1ccc(-c2nn3c(C)nnc3s2)cc1NC=O. The van der Waals surface area contributed by atoms with E-state index in [0.717, 1.165) is 32.6 Å². The molecule has 1 N–H and O–H groups in total. The average molecular weight is 273 g/mol. The summed E-state index contributed by atoms with van der Waals surface area (Å²) in [6.07, 6.45) is 0.675. The van der Waals surface area contributed by atoms with Crippen molar-refractivity contribution < 1.29 is 4.79 Å². The number of hydrogen-bond acceptors (Lipinski definition) is 5. The quantitative estimate of drug-likeness (QED) is 0.741. The number of aromatic nitrogens is 4. The Labute approximate surface area is 113 Å². The molecule has 0 fully saturated rings. The van der Waals surface area contributed by atoms with Gasteiger partial charge in [0.1, 0.15) is 5.01 Å². The zero-order valence-electron chi connectivity index (χ0n) is 10.4. The lowest BCUT2D eigenvalue weighted by molar-refractivity contribution is -0.105. The summed E-state index contributed by atoms with van der Waals surface area (Å²) in [5, 5.41) is 16.0. The van der Waals surface area contributed by atoms with Crippen LogP contribution < -0.4 is 5.32 Å². The maximum absolute atomic E-state index is 10.6. The van der Waals surface area contributed by atoms with Gasteiger partial charge < -0.3 is 5.32 Å². The normalized spacial score (nSPS) is 10.8. The Kier molecular flexibility index (Phi) is 2.75. The molecule has 3 rings (SSSR count). The third-order valence-electron chi connectivity index (χ3n) is 2.85. The van der Waals surface area contributed by atoms with Gasteiger partial charge in [-0.15, -0.1) is 10.2 Å². The molecular formula is C12H11N5OS. The minimum Gasteiger partial charge on any atom is -0.328 e. The molecule has 0 aliphatic carbocycles. The van der Waals surface area contributed by atoms with E-state index in [0.29, 0.717) is 6.41 Å². The predicted octanol–water partition coefficient (Wildman–Crippen LogP) is 2.04. The lowest BCUT2D eigenvalue weighted by Gasteiger charge is -2.05. The van der Waals surface area contributed by atoms with Gasteiger partial charge in [0.2, 0.25) is 11.4 Å². The number of nitrogens with one attached hydrogen (secondary N) is 1. The van der Waals surface area contributed by atoms with Crippen LogP contribution in [0.3, 0.4) is 0 Å². The molecule has 1 aromatic carbocycles. The number of benzene rings is 1. The third-order valence-corrected chi connectivity index (χ3v) is 3.79. The fraction of sp³-hybridized carbons (Fsp3) is 0.167. The minimum absolute atomic E-state index is 0.675. The number of nitrogens with zero attached hydrogens (tertiary/aromatic N) is 4. The maximum Gasteiger partial charge on any atom is 0.234 e. The van der Waals surface area contributed by atoms with Gasteiger partial charge in [-0.1, -0.05) is 23.5 Å². The summed E-state index contributed by atoms with van der Waals surface area (Å²) >= 11 is 1.47. The topological polar surface area (TPSA) is 72.2 Å². The molecule has 19 heavy (non-hydrogen) atoms. The van der Waals surface area contributed by atoms with Gasteiger partial charge in [0, 0.05) is 11.3 Å². The summed E-state index contributed by atoms with van der Waals surface area (Å²) in [5.74, 6) is 0.760. The molecule has 2 aromatic heterocycles. The van der Waals surface area contributed by atoms with Crippen LogP contribution in [0.2, 0.25) is 0 Å². The first-order valence-corrected chi connectivity index (χ1v) is 6.51. The van der Waals surface area contributed by atoms with Crippen molar-refractivity contribution in [1.82, 2.24) is 19.8 Å². The molecule has 6 nitrogen and oxygen atoms in total. The van der Waals surface area contributed by atoms with Crippen molar-refractivity contribution >= 4 is 28.4 Å². The zero-order chi connectivity index (χ0) is 13.4. The van der Waals surface area contributed by atoms with E-state index in [1.54, 1.807) is 4.52 Å². The molecule has 0 radical (unpaired) electrons. The van der Waals surface area contributed by atoms with E-state index < -0.39 is 0 Å². The molecular weight excluding hydrogens is 262 g/mol. The first kappa shape index (κ1) is 11.8. The van der Waals surface area contributed by atoms with Crippen LogP contribution in [-0.2, 0) is 4.79 Å². The number of carbonyl (C=O) groups excluding carboxylic acids is 1. The molecule has 0 bridgehead atoms. The molecule has 0 saturated heterocycles. The van der Waals surface area contributed by atoms with Crippen molar-refractivity contribution in [3.8, 4) is 10.6 Å². The highest BCUT2D eigenvalue weighted by molar-refractivity contribution is 7.19. The summed E-state index contributed by atoms with van der Waals surface area (Å²) in [6, 6.07) is 5.84. The van der Waals surface area contributed by atoms with Gasteiger partial charge in [-0.05, 0) is 25.5 Å². The number of carbonyl (C=O) groups is 1. The van der Waals surface area contributed by atoms with Crippen molar-refractivity contribution in [2.75, 3.05) is 5.32 Å². The fourth-order valence-electron chi connectivity index (χ4n) is 1.81. The molecule has 0 aliphatic heterocycles. The number of aryl methyl sites for hydroxylation is 2. The van der Waals surface area contributed by atoms with Crippen molar-refractivity contribution in [2.24, 2.45) is 0 Å². The highest BCUT2D eigenvalue weighted by Crippen LogP contribution is 2.28. The lowest BCUT2D eigenvalue weighted by atomic mass is 10.1. The number of hydrogen-bond donors (Lipinski definition) is 1. The number of amides is 1. The Morgan fingerprint density at radius 2 is 2.16 bits per heavy atom. The molecule has 0 unspecified atom stereocenters. The van der Waals surface area contributed by atoms with Crippen molar-refractivity contribution in [3.63, 3.8) is 0 Å². The average Bonchev–Trinajstić information content (AvgIpc) is 2.95. The molecule has 0 spiro atoms. The van der Waals surface area contributed by atoms with E-state index in [9.17, 15) is 4.79 Å². The second-order valence-electron chi connectivity index (χ2n) is 4.14. The van der Waals surface area contributed by atoms with Crippen LogP contribution in [0.1, 0.15) is 11.4 Å². The summed E-state index contributed by atoms with van der Waals surface area (Å²) in [5.41, 5.74) is 2.75. The molecule has 2 heterocycles. The Hall–Kier alpha value is -2.28. The van der Waals surface area contributed by atoms with Crippen molar-refractivity contribution in [2.45, 2.75) is 13.8 Å². The van der Waals surface area contributed by atoms with Gasteiger partial charge in [0.15, 0.2) is 5.82 Å². The van der Waals surface area contributed by atoms with Crippen molar-refractivity contribution in [3.05, 3.63) is 29.6 Å². The Balaban J connectivity index is 2.09. The van der Waals surface area contributed by atoms with Crippen LogP contribution >= 0.6 is 11.3 Å². The largest absolute Gasteiger partial charge is 0.328 e. The molecule has 3 aromatic rings. The van der Waals surface area contributed by atoms with E-state index in [1.165, 1.54) is 11.3 Å². The maximum atomic E-state index is 10.6. The fourth-order valence-corrected chi connectivity index (χ4v) is 2.69. The van der Waals surface area contributed by atoms with E-state index in [2.05, 4.69) is 20.6 Å². The van der Waals surface area contributed by atoms with Crippen LogP contribution in [-0.4, -0.2) is 26.2 Å². The minimum atomic E-state index is 0.675. The molecule has 0 atom stereocenters. The molecule has 7 heteroatoms. The van der Waals surface area contributed by atoms with Crippen LogP contribution in [0.25, 0.3) is 15.5 Å². The monoisotopic (exact) mass is 273 g/mol. The van der Waals surface area contributed by atoms with Crippen LogP contribution in [0.5, 0.6) is 0 Å². The third kappa shape index (κ3) is 1.97. The second kappa shape index (κ2) is 4.43. The molecule has 0 aliphatic rings. The Bertz CT molecular complexity index is 761. The lowest BCUT2D eigenvalue weighted by Crippen LogP contribution is -1.96. The molecule has 1 amide bonds. The molecule has 96 valence electrons. The van der Waals surface area contributed by atoms with E-state index >= 15 is 0 Å². The first-order chi connectivity index (χ1) is 9.19. The van der Waals surface area contributed by atoms with E-state index in [-0.39, 0.29) is 0 Å². The molecule has 0 saturated carbocycles. The van der Waals surface area contributed by atoms with E-state index in [1.807, 2.05) is 32.0 Å².